The molecule has 0 aliphatic heterocycles. The number of rotatable bonds is 4. The van der Waals surface area contributed by atoms with E-state index in [1.165, 1.54) is 18.1 Å². The van der Waals surface area contributed by atoms with Crippen LogP contribution in [0.25, 0.3) is 0 Å². The van der Waals surface area contributed by atoms with Gasteiger partial charge in [-0.1, -0.05) is 0 Å². The van der Waals surface area contributed by atoms with Crippen LogP contribution in [-0.4, -0.2) is 37.7 Å². The summed E-state index contributed by atoms with van der Waals surface area (Å²) in [6, 6.07) is 0.958. The molecule has 2 aromatic heterocycles. The Morgan fingerprint density at radius 2 is 2.25 bits per heavy atom. The summed E-state index contributed by atoms with van der Waals surface area (Å²) < 4.78 is 0. The average molecular weight is 277 g/mol. The zero-order valence-electron chi connectivity index (χ0n) is 10.5. The molecule has 1 amide bonds. The quantitative estimate of drug-likeness (QED) is 0.613. The molecule has 20 heavy (non-hydrogen) atoms. The molecule has 2 N–H and O–H groups in total. The summed E-state index contributed by atoms with van der Waals surface area (Å²) in [5.74, 6) is -0.0749. The molecule has 0 atom stereocenters. The topological polar surface area (TPSA) is 125 Å². The van der Waals surface area contributed by atoms with Crippen molar-refractivity contribution in [2.45, 2.75) is 6.54 Å². The van der Waals surface area contributed by atoms with Gasteiger partial charge in [0.1, 0.15) is 11.4 Å². The van der Waals surface area contributed by atoms with Crippen molar-refractivity contribution in [2.24, 2.45) is 0 Å². The van der Waals surface area contributed by atoms with Gasteiger partial charge in [0.15, 0.2) is 0 Å². The van der Waals surface area contributed by atoms with E-state index in [1.807, 2.05) is 0 Å². The van der Waals surface area contributed by atoms with Crippen LogP contribution in [0.15, 0.2) is 29.5 Å². The number of hydrogen-bond donors (Lipinski definition) is 2. The molecule has 0 aliphatic rings. The lowest BCUT2D eigenvalue weighted by molar-refractivity contribution is -0.385. The van der Waals surface area contributed by atoms with Crippen LogP contribution in [0, 0.1) is 10.1 Å². The van der Waals surface area contributed by atoms with E-state index in [0.717, 1.165) is 12.3 Å². The second-order valence-electron chi connectivity index (χ2n) is 4.05. The number of nitrogens with zero attached hydrogens (tertiary/aromatic N) is 3. The molecular weight excluding hydrogens is 266 g/mol. The Kier molecular flexibility index (Phi) is 3.60. The minimum Gasteiger partial charge on any atom is -0.347 e. The summed E-state index contributed by atoms with van der Waals surface area (Å²) in [6.07, 6.45) is 4.09. The molecule has 0 saturated carbocycles. The summed E-state index contributed by atoms with van der Waals surface area (Å²) in [7, 11) is 1.48. The van der Waals surface area contributed by atoms with Gasteiger partial charge in [-0.15, -0.1) is 0 Å². The van der Waals surface area contributed by atoms with E-state index >= 15 is 0 Å². The highest BCUT2D eigenvalue weighted by molar-refractivity contribution is 5.94. The number of H-pyrrole nitrogens is 2. The normalized spacial score (nSPS) is 10.2. The third-order valence-corrected chi connectivity index (χ3v) is 2.62. The molecular formula is C11H11N5O4. The Labute approximate surface area is 112 Å². The van der Waals surface area contributed by atoms with E-state index in [1.54, 1.807) is 6.20 Å². The maximum absolute atomic E-state index is 12.1. The molecule has 0 radical (unpaired) electrons. The predicted molar refractivity (Wildman–Crippen MR) is 68.1 cm³/mol. The van der Waals surface area contributed by atoms with Crippen molar-refractivity contribution < 1.29 is 9.72 Å². The van der Waals surface area contributed by atoms with E-state index in [2.05, 4.69) is 15.0 Å². The molecule has 0 aromatic carbocycles. The van der Waals surface area contributed by atoms with E-state index < -0.39 is 16.4 Å². The Morgan fingerprint density at radius 1 is 1.50 bits per heavy atom. The molecule has 2 heterocycles. The van der Waals surface area contributed by atoms with E-state index in [-0.39, 0.29) is 17.8 Å². The summed E-state index contributed by atoms with van der Waals surface area (Å²) in [5, 5.41) is 10.7. The zero-order chi connectivity index (χ0) is 14.7. The number of nitro groups is 1. The molecule has 2 rings (SSSR count). The Bertz CT molecular complexity index is 691. The molecule has 0 aliphatic carbocycles. The van der Waals surface area contributed by atoms with Gasteiger partial charge < -0.3 is 14.9 Å². The molecule has 9 nitrogen and oxygen atoms in total. The first-order valence-electron chi connectivity index (χ1n) is 5.60. The van der Waals surface area contributed by atoms with Crippen LogP contribution in [-0.2, 0) is 6.54 Å². The number of carbonyl (C=O) groups is 1. The lowest BCUT2D eigenvalue weighted by Gasteiger charge is -2.14. The van der Waals surface area contributed by atoms with Crippen LogP contribution in [0.3, 0.4) is 0 Å². The first-order chi connectivity index (χ1) is 9.49. The number of aromatic amines is 2. The second kappa shape index (κ2) is 5.34. The maximum atomic E-state index is 12.1. The van der Waals surface area contributed by atoms with Gasteiger partial charge in [-0.25, -0.2) is 4.98 Å². The summed E-state index contributed by atoms with van der Waals surface area (Å²) in [6.45, 7) is 0.161. The number of amides is 1. The highest BCUT2D eigenvalue weighted by Gasteiger charge is 2.19. The molecule has 0 saturated heterocycles. The van der Waals surface area contributed by atoms with E-state index in [4.69, 9.17) is 0 Å². The van der Waals surface area contributed by atoms with Crippen LogP contribution in [0.2, 0.25) is 0 Å². The van der Waals surface area contributed by atoms with Crippen molar-refractivity contribution >= 4 is 11.6 Å². The number of nitrogens with one attached hydrogen (secondary N) is 2. The largest absolute Gasteiger partial charge is 0.347 e. The molecule has 0 unspecified atom stereocenters. The van der Waals surface area contributed by atoms with Gasteiger partial charge in [0, 0.05) is 25.5 Å². The fraction of sp³-hybridized carbons (Fsp3) is 0.182. The number of imidazole rings is 1. The lowest BCUT2D eigenvalue weighted by Crippen LogP contribution is -2.31. The Hall–Kier alpha value is -2.97. The Balaban J connectivity index is 2.26. The molecule has 2 aromatic rings. The average Bonchev–Trinajstić information content (AvgIpc) is 2.91. The van der Waals surface area contributed by atoms with Gasteiger partial charge in [-0.2, -0.15) is 0 Å². The molecule has 0 fully saturated rings. The van der Waals surface area contributed by atoms with Gasteiger partial charge in [-0.3, -0.25) is 19.7 Å². The monoisotopic (exact) mass is 277 g/mol. The Morgan fingerprint density at radius 3 is 2.85 bits per heavy atom. The van der Waals surface area contributed by atoms with Crippen molar-refractivity contribution in [1.29, 1.82) is 0 Å². The lowest BCUT2D eigenvalue weighted by atomic mass is 10.2. The standard InChI is InChI=1S/C11H11N5O4/c1-15(6-9-12-2-3-13-9)11(18)8-4-7(16(19)20)5-14-10(8)17/h2-5H,6H2,1H3,(H,12,13)(H,14,17). The van der Waals surface area contributed by atoms with Crippen LogP contribution in [0.1, 0.15) is 16.2 Å². The zero-order valence-corrected chi connectivity index (χ0v) is 10.5. The number of hydrogen-bond acceptors (Lipinski definition) is 5. The first kappa shape index (κ1) is 13.5. The van der Waals surface area contributed by atoms with Gasteiger partial charge in [-0.05, 0) is 0 Å². The number of carbonyl (C=O) groups excluding carboxylic acids is 1. The summed E-state index contributed by atoms with van der Waals surface area (Å²) in [5.41, 5.74) is -1.31. The third kappa shape index (κ3) is 2.71. The fourth-order valence-electron chi connectivity index (χ4n) is 1.62. The van der Waals surface area contributed by atoms with Crippen molar-refractivity contribution in [2.75, 3.05) is 7.05 Å². The molecule has 9 heteroatoms. The highest BCUT2D eigenvalue weighted by atomic mass is 16.6. The first-order valence-corrected chi connectivity index (χ1v) is 5.60. The molecule has 104 valence electrons. The predicted octanol–water partition coefficient (Wildman–Crippen LogP) is 0.278. The second-order valence-corrected chi connectivity index (χ2v) is 4.05. The summed E-state index contributed by atoms with van der Waals surface area (Å²) >= 11 is 0. The van der Waals surface area contributed by atoms with Crippen LogP contribution in [0.4, 0.5) is 5.69 Å². The highest BCUT2D eigenvalue weighted by Crippen LogP contribution is 2.10. The minimum atomic E-state index is -0.681. The molecule has 0 spiro atoms. The van der Waals surface area contributed by atoms with E-state index in [9.17, 15) is 19.7 Å². The summed E-state index contributed by atoms with van der Waals surface area (Å²) in [4.78, 5) is 43.9. The molecule has 0 bridgehead atoms. The van der Waals surface area contributed by atoms with Gasteiger partial charge in [0.2, 0.25) is 0 Å². The van der Waals surface area contributed by atoms with Crippen molar-refractivity contribution in [1.82, 2.24) is 19.9 Å². The van der Waals surface area contributed by atoms with E-state index in [0.29, 0.717) is 5.82 Å². The SMILES string of the molecule is CN(Cc1ncc[nH]1)C(=O)c1cc([N+](=O)[O-])c[nH]c1=O. The van der Waals surface area contributed by atoms with Crippen LogP contribution >= 0.6 is 0 Å². The van der Waals surface area contributed by atoms with Crippen molar-refractivity contribution in [3.63, 3.8) is 0 Å². The van der Waals surface area contributed by atoms with Gasteiger partial charge in [0.05, 0.1) is 17.7 Å². The maximum Gasteiger partial charge on any atom is 0.286 e. The third-order valence-electron chi connectivity index (χ3n) is 2.62. The van der Waals surface area contributed by atoms with Crippen LogP contribution in [0.5, 0.6) is 0 Å². The number of aromatic nitrogens is 3. The van der Waals surface area contributed by atoms with Gasteiger partial charge in [0.25, 0.3) is 17.2 Å². The van der Waals surface area contributed by atoms with Gasteiger partial charge >= 0.3 is 0 Å². The van der Waals surface area contributed by atoms with Crippen LogP contribution < -0.4 is 5.56 Å². The fourth-order valence-corrected chi connectivity index (χ4v) is 1.62. The van der Waals surface area contributed by atoms with Crippen molar-refractivity contribution in [3.05, 3.63) is 56.5 Å². The van der Waals surface area contributed by atoms with Crippen molar-refractivity contribution in [3.8, 4) is 0 Å². The number of pyridine rings is 1. The minimum absolute atomic E-state index is 0.161. The smallest absolute Gasteiger partial charge is 0.286 e.